The summed E-state index contributed by atoms with van der Waals surface area (Å²) in [5.41, 5.74) is 1.19. The minimum Gasteiger partial charge on any atom is -0.478 e. The van der Waals surface area contributed by atoms with Crippen molar-refractivity contribution in [3.63, 3.8) is 0 Å². The van der Waals surface area contributed by atoms with Gasteiger partial charge in [0.25, 0.3) is 5.56 Å². The van der Waals surface area contributed by atoms with E-state index >= 15 is 0 Å². The first kappa shape index (κ1) is 19.9. The number of fused-ring (bicyclic) bond motifs is 1. The highest BCUT2D eigenvalue weighted by atomic mass is 16.4. The van der Waals surface area contributed by atoms with Crippen LogP contribution in [0.1, 0.15) is 44.1 Å². The van der Waals surface area contributed by atoms with Crippen LogP contribution in [0.5, 0.6) is 0 Å². The number of benzene rings is 1. The molecule has 0 amide bonds. The second kappa shape index (κ2) is 8.52. The van der Waals surface area contributed by atoms with Crippen molar-refractivity contribution in [3.05, 3.63) is 56.7 Å². The summed E-state index contributed by atoms with van der Waals surface area (Å²) in [6.07, 6.45) is 9.45. The molecule has 2 aromatic heterocycles. The van der Waals surface area contributed by atoms with E-state index in [-0.39, 0.29) is 16.7 Å². The fourth-order valence-corrected chi connectivity index (χ4v) is 4.06. The Bertz CT molecular complexity index is 1190. The molecule has 30 heavy (non-hydrogen) atoms. The van der Waals surface area contributed by atoms with Gasteiger partial charge in [-0.15, -0.1) is 0 Å². The summed E-state index contributed by atoms with van der Waals surface area (Å²) >= 11 is 0. The predicted octanol–water partition coefficient (Wildman–Crippen LogP) is 3.15. The van der Waals surface area contributed by atoms with Gasteiger partial charge in [0.15, 0.2) is 5.65 Å². The molecule has 8 nitrogen and oxygen atoms in total. The van der Waals surface area contributed by atoms with Gasteiger partial charge in [-0.25, -0.2) is 14.6 Å². The maximum absolute atomic E-state index is 12.9. The first-order valence-corrected chi connectivity index (χ1v) is 10.3. The third-order valence-corrected chi connectivity index (χ3v) is 5.72. The fraction of sp³-hybridized carbons (Fsp3) is 0.364. The summed E-state index contributed by atoms with van der Waals surface area (Å²) in [6.45, 7) is 0.410. The Balaban J connectivity index is 1.59. The minimum absolute atomic E-state index is 0.240. The van der Waals surface area contributed by atoms with E-state index in [1.165, 1.54) is 42.7 Å². The SMILES string of the molecule is O=C(O)C=Cc1ccc(-c2nc3[nH]c(=O)n(CCC4CCCCC4)c(=O)c3[nH]2)cc1. The Kier molecular flexibility index (Phi) is 5.65. The van der Waals surface area contributed by atoms with E-state index in [9.17, 15) is 14.4 Å². The van der Waals surface area contributed by atoms with Crippen LogP contribution >= 0.6 is 0 Å². The van der Waals surface area contributed by atoms with Crippen LogP contribution in [-0.2, 0) is 11.3 Å². The van der Waals surface area contributed by atoms with Crippen LogP contribution in [0, 0.1) is 5.92 Å². The van der Waals surface area contributed by atoms with Crippen LogP contribution in [0.3, 0.4) is 0 Å². The number of imidazole rings is 1. The first-order chi connectivity index (χ1) is 14.5. The van der Waals surface area contributed by atoms with Crippen LogP contribution < -0.4 is 11.2 Å². The molecule has 1 aromatic carbocycles. The standard InChI is InChI=1S/C22H24N4O4/c27-17(28)11-8-15-6-9-16(10-7-15)19-23-18-20(24-19)25-22(30)26(21(18)29)13-12-14-4-2-1-3-5-14/h6-11,14H,1-5,12-13H2,(H,23,24)(H,25,30)(H,27,28). The van der Waals surface area contributed by atoms with E-state index in [2.05, 4.69) is 15.0 Å². The van der Waals surface area contributed by atoms with Gasteiger partial charge in [-0.1, -0.05) is 56.4 Å². The van der Waals surface area contributed by atoms with Crippen molar-refractivity contribution in [3.8, 4) is 11.4 Å². The van der Waals surface area contributed by atoms with Crippen LogP contribution in [0.15, 0.2) is 39.9 Å². The van der Waals surface area contributed by atoms with E-state index < -0.39 is 11.7 Å². The van der Waals surface area contributed by atoms with Crippen molar-refractivity contribution in [1.82, 2.24) is 19.5 Å². The Morgan fingerprint density at radius 3 is 2.57 bits per heavy atom. The molecule has 0 saturated heterocycles. The van der Waals surface area contributed by atoms with Gasteiger partial charge in [-0.05, 0) is 24.0 Å². The zero-order valence-corrected chi connectivity index (χ0v) is 16.6. The van der Waals surface area contributed by atoms with Crippen molar-refractivity contribution in [2.75, 3.05) is 0 Å². The zero-order chi connectivity index (χ0) is 21.1. The van der Waals surface area contributed by atoms with Gasteiger partial charge in [0.05, 0.1) is 0 Å². The van der Waals surface area contributed by atoms with Crippen molar-refractivity contribution < 1.29 is 9.90 Å². The smallest absolute Gasteiger partial charge is 0.330 e. The highest BCUT2D eigenvalue weighted by Gasteiger charge is 2.17. The van der Waals surface area contributed by atoms with Gasteiger partial charge >= 0.3 is 11.7 Å². The molecule has 1 fully saturated rings. The molecule has 2 heterocycles. The van der Waals surface area contributed by atoms with E-state index in [0.29, 0.717) is 18.3 Å². The van der Waals surface area contributed by atoms with Crippen LogP contribution in [0.4, 0.5) is 0 Å². The molecular weight excluding hydrogens is 384 g/mol. The quantitative estimate of drug-likeness (QED) is 0.541. The fourth-order valence-electron chi connectivity index (χ4n) is 4.06. The van der Waals surface area contributed by atoms with Gasteiger partial charge < -0.3 is 10.1 Å². The van der Waals surface area contributed by atoms with Crippen LogP contribution in [0.2, 0.25) is 0 Å². The number of aromatic amines is 2. The molecule has 0 spiro atoms. The Hall–Kier alpha value is -3.42. The zero-order valence-electron chi connectivity index (χ0n) is 16.6. The molecule has 0 atom stereocenters. The number of aliphatic carboxylic acids is 1. The average molecular weight is 408 g/mol. The van der Waals surface area contributed by atoms with Crippen molar-refractivity contribution in [1.29, 1.82) is 0 Å². The van der Waals surface area contributed by atoms with E-state index in [0.717, 1.165) is 23.6 Å². The second-order valence-corrected chi connectivity index (χ2v) is 7.78. The lowest BCUT2D eigenvalue weighted by atomic mass is 9.87. The number of rotatable bonds is 6. The highest BCUT2D eigenvalue weighted by molar-refractivity contribution is 5.85. The predicted molar refractivity (Wildman–Crippen MR) is 114 cm³/mol. The van der Waals surface area contributed by atoms with E-state index in [1.54, 1.807) is 24.3 Å². The Morgan fingerprint density at radius 1 is 1.13 bits per heavy atom. The summed E-state index contributed by atoms with van der Waals surface area (Å²) in [7, 11) is 0. The third-order valence-electron chi connectivity index (χ3n) is 5.72. The number of hydrogen-bond donors (Lipinski definition) is 3. The highest BCUT2D eigenvalue weighted by Crippen LogP contribution is 2.26. The van der Waals surface area contributed by atoms with Crippen molar-refractivity contribution in [2.24, 2.45) is 5.92 Å². The number of nitrogens with zero attached hydrogens (tertiary/aromatic N) is 2. The summed E-state index contributed by atoms with van der Waals surface area (Å²) < 4.78 is 1.26. The number of carboxylic acids is 1. The number of hydrogen-bond acceptors (Lipinski definition) is 4. The topological polar surface area (TPSA) is 121 Å². The molecule has 3 aromatic rings. The monoisotopic (exact) mass is 408 g/mol. The van der Waals surface area contributed by atoms with Crippen LogP contribution in [-0.4, -0.2) is 30.6 Å². The largest absolute Gasteiger partial charge is 0.478 e. The number of H-pyrrole nitrogens is 2. The van der Waals surface area contributed by atoms with Gasteiger partial charge in [0, 0.05) is 18.2 Å². The van der Waals surface area contributed by atoms with Crippen molar-refractivity contribution in [2.45, 2.75) is 45.1 Å². The number of carbonyl (C=O) groups is 1. The normalized spacial score (nSPS) is 15.2. The molecule has 156 valence electrons. The maximum atomic E-state index is 12.9. The molecular formula is C22H24N4O4. The summed E-state index contributed by atoms with van der Waals surface area (Å²) in [6, 6.07) is 7.07. The molecule has 4 rings (SSSR count). The van der Waals surface area contributed by atoms with Gasteiger partial charge in [-0.2, -0.15) is 0 Å². The number of aromatic nitrogens is 4. The average Bonchev–Trinajstić information content (AvgIpc) is 3.17. The van der Waals surface area contributed by atoms with Gasteiger partial charge in [0.2, 0.25) is 0 Å². The second-order valence-electron chi connectivity index (χ2n) is 7.78. The molecule has 1 aliphatic carbocycles. The Labute approximate surface area is 172 Å². The molecule has 0 radical (unpaired) electrons. The summed E-state index contributed by atoms with van der Waals surface area (Å²) in [4.78, 5) is 46.0. The van der Waals surface area contributed by atoms with Crippen molar-refractivity contribution >= 4 is 23.2 Å². The molecule has 0 unspecified atom stereocenters. The lowest BCUT2D eigenvalue weighted by Crippen LogP contribution is -2.35. The van der Waals surface area contributed by atoms with Gasteiger partial charge in [-0.3, -0.25) is 14.3 Å². The van der Waals surface area contributed by atoms with Crippen LogP contribution in [0.25, 0.3) is 28.6 Å². The Morgan fingerprint density at radius 2 is 1.87 bits per heavy atom. The van der Waals surface area contributed by atoms with E-state index in [4.69, 9.17) is 5.11 Å². The minimum atomic E-state index is -1.01. The number of nitrogens with one attached hydrogen (secondary N) is 2. The molecule has 3 N–H and O–H groups in total. The van der Waals surface area contributed by atoms with Gasteiger partial charge in [0.1, 0.15) is 11.3 Å². The number of carboxylic acid groups (broad SMARTS) is 1. The molecule has 0 bridgehead atoms. The third kappa shape index (κ3) is 4.27. The summed E-state index contributed by atoms with van der Waals surface area (Å²) in [5.74, 6) is 0.0309. The summed E-state index contributed by atoms with van der Waals surface area (Å²) in [5, 5.41) is 8.71. The lowest BCUT2D eigenvalue weighted by molar-refractivity contribution is -0.131. The van der Waals surface area contributed by atoms with E-state index in [1.807, 2.05) is 0 Å². The molecule has 8 heteroatoms. The molecule has 1 saturated carbocycles. The molecule has 0 aliphatic heterocycles. The lowest BCUT2D eigenvalue weighted by Gasteiger charge is -2.21. The first-order valence-electron chi connectivity index (χ1n) is 10.3. The molecule has 1 aliphatic rings. The maximum Gasteiger partial charge on any atom is 0.330 e.